The third kappa shape index (κ3) is 5.49. The van der Waals surface area contributed by atoms with Crippen LogP contribution in [0.2, 0.25) is 0 Å². The fraction of sp³-hybridized carbons (Fsp3) is 0.276. The van der Waals surface area contributed by atoms with Crippen molar-refractivity contribution >= 4 is 28.6 Å². The second kappa shape index (κ2) is 11.1. The summed E-state index contributed by atoms with van der Waals surface area (Å²) < 4.78 is 11.6. The molecule has 4 rings (SSSR count). The molecular weight excluding hydrogens is 438 g/mol. The van der Waals surface area contributed by atoms with E-state index in [0.29, 0.717) is 36.0 Å². The maximum Gasteiger partial charge on any atom is 0.258 e. The minimum atomic E-state index is -0.163. The molecule has 0 aliphatic carbocycles. The number of amides is 1. The molecule has 0 unspecified atom stereocenters. The first-order chi connectivity index (χ1) is 17.0. The van der Waals surface area contributed by atoms with E-state index in [0.717, 1.165) is 35.6 Å². The topological polar surface area (TPSA) is 62.8 Å². The predicted molar refractivity (Wildman–Crippen MR) is 143 cm³/mol. The van der Waals surface area contributed by atoms with E-state index in [1.807, 2.05) is 56.3 Å². The number of anilines is 2. The summed E-state index contributed by atoms with van der Waals surface area (Å²) in [4.78, 5) is 15.5. The summed E-state index contributed by atoms with van der Waals surface area (Å²) in [5, 5.41) is 6.54. The van der Waals surface area contributed by atoms with Crippen molar-refractivity contribution in [2.75, 3.05) is 37.4 Å². The van der Waals surface area contributed by atoms with Crippen molar-refractivity contribution < 1.29 is 14.3 Å². The molecule has 1 aliphatic heterocycles. The zero-order chi connectivity index (χ0) is 24.8. The number of hydrogen-bond donors (Lipinski definition) is 2. The lowest BCUT2D eigenvalue weighted by molar-refractivity contribution is -0.110. The normalized spacial score (nSPS) is 13.9. The fourth-order valence-electron chi connectivity index (χ4n) is 4.11. The number of ether oxygens (including phenoxy) is 2. The molecule has 2 N–H and O–H groups in total. The Labute approximate surface area is 207 Å². The number of rotatable bonds is 10. The molecule has 0 aromatic heterocycles. The molecule has 0 spiro atoms. The van der Waals surface area contributed by atoms with Crippen LogP contribution in [0.25, 0.3) is 11.3 Å². The van der Waals surface area contributed by atoms with E-state index in [9.17, 15) is 4.79 Å². The smallest absolute Gasteiger partial charge is 0.258 e. The van der Waals surface area contributed by atoms with Gasteiger partial charge in [0.05, 0.1) is 30.2 Å². The first-order valence-corrected chi connectivity index (χ1v) is 12.1. The number of carbonyl (C=O) groups is 1. The minimum Gasteiger partial charge on any atom is -0.490 e. The van der Waals surface area contributed by atoms with Crippen molar-refractivity contribution in [2.45, 2.75) is 27.3 Å². The van der Waals surface area contributed by atoms with Crippen LogP contribution < -0.4 is 20.1 Å². The Hall–Kier alpha value is -3.77. The molecule has 0 bridgehead atoms. The molecule has 182 valence electrons. The number of carbonyl (C=O) groups excluding carboxylic acids is 1. The van der Waals surface area contributed by atoms with Crippen LogP contribution >= 0.6 is 0 Å². The molecule has 0 fully saturated rings. The van der Waals surface area contributed by atoms with Gasteiger partial charge in [0.1, 0.15) is 0 Å². The van der Waals surface area contributed by atoms with Gasteiger partial charge in [0.2, 0.25) is 0 Å². The van der Waals surface area contributed by atoms with E-state index in [2.05, 4.69) is 53.8 Å². The highest BCUT2D eigenvalue weighted by Crippen LogP contribution is 2.43. The number of nitrogens with one attached hydrogen (secondary N) is 2. The molecule has 3 aromatic rings. The summed E-state index contributed by atoms with van der Waals surface area (Å²) in [5.41, 5.74) is 5.89. The lowest BCUT2D eigenvalue weighted by Gasteiger charge is -2.17. The Kier molecular flexibility index (Phi) is 7.73. The Morgan fingerprint density at radius 3 is 2.20 bits per heavy atom. The van der Waals surface area contributed by atoms with Crippen molar-refractivity contribution in [3.63, 3.8) is 0 Å². The van der Waals surface area contributed by atoms with E-state index in [-0.39, 0.29) is 5.91 Å². The van der Waals surface area contributed by atoms with Crippen LogP contribution in [0.3, 0.4) is 0 Å². The SMILES string of the molecule is CCOc1cc2c(cc1OCC)/C(=C(/Nc1ccc(CN(C)CC)cc1)c1ccccc1)C(=O)N2. The second-order valence-electron chi connectivity index (χ2n) is 8.43. The Morgan fingerprint density at radius 1 is 0.914 bits per heavy atom. The van der Waals surface area contributed by atoms with Crippen LogP contribution in [-0.2, 0) is 11.3 Å². The number of nitrogens with zero attached hydrogens (tertiary/aromatic N) is 1. The first kappa shape index (κ1) is 24.4. The van der Waals surface area contributed by atoms with Gasteiger partial charge in [-0.25, -0.2) is 0 Å². The van der Waals surface area contributed by atoms with Crippen molar-refractivity contribution in [3.8, 4) is 11.5 Å². The highest BCUT2D eigenvalue weighted by atomic mass is 16.5. The Balaban J connectivity index is 1.79. The van der Waals surface area contributed by atoms with Gasteiger partial charge in [-0.1, -0.05) is 49.4 Å². The van der Waals surface area contributed by atoms with E-state index in [1.54, 1.807) is 0 Å². The Bertz CT molecular complexity index is 1200. The maximum absolute atomic E-state index is 13.3. The zero-order valence-corrected chi connectivity index (χ0v) is 20.9. The van der Waals surface area contributed by atoms with Crippen LogP contribution in [0, 0.1) is 0 Å². The van der Waals surface area contributed by atoms with E-state index < -0.39 is 0 Å². The van der Waals surface area contributed by atoms with Gasteiger partial charge in [-0.15, -0.1) is 0 Å². The summed E-state index contributed by atoms with van der Waals surface area (Å²) >= 11 is 0. The summed E-state index contributed by atoms with van der Waals surface area (Å²) in [6.45, 7) is 8.90. The summed E-state index contributed by atoms with van der Waals surface area (Å²) in [6.07, 6.45) is 0. The molecule has 0 saturated carbocycles. The first-order valence-electron chi connectivity index (χ1n) is 12.1. The average Bonchev–Trinajstić information content (AvgIpc) is 3.18. The predicted octanol–water partition coefficient (Wildman–Crippen LogP) is 5.87. The molecular formula is C29H33N3O3. The molecule has 3 aromatic carbocycles. The number of hydrogen-bond acceptors (Lipinski definition) is 5. The number of benzene rings is 3. The molecule has 6 nitrogen and oxygen atoms in total. The standard InChI is InChI=1S/C29H33N3O3/c1-5-32(4)19-20-13-15-22(16-14-20)30-28(21-11-9-8-10-12-21)27-23-17-25(34-6-2)26(35-7-3)18-24(23)31-29(27)33/h8-18,30H,5-7,19H2,1-4H3,(H,31,33)/b28-27-. The van der Waals surface area contributed by atoms with Gasteiger partial charge < -0.3 is 25.0 Å². The second-order valence-corrected chi connectivity index (χ2v) is 8.43. The summed E-state index contributed by atoms with van der Waals surface area (Å²) in [6, 6.07) is 22.0. The van der Waals surface area contributed by atoms with E-state index >= 15 is 0 Å². The molecule has 0 atom stereocenters. The largest absolute Gasteiger partial charge is 0.490 e. The molecule has 6 heteroatoms. The molecule has 0 saturated heterocycles. The Morgan fingerprint density at radius 2 is 1.57 bits per heavy atom. The molecule has 1 aliphatic rings. The van der Waals surface area contributed by atoms with Crippen molar-refractivity contribution in [1.82, 2.24) is 4.90 Å². The van der Waals surface area contributed by atoms with E-state index in [4.69, 9.17) is 9.47 Å². The van der Waals surface area contributed by atoms with Crippen LogP contribution in [-0.4, -0.2) is 37.6 Å². The number of fused-ring (bicyclic) bond motifs is 1. The van der Waals surface area contributed by atoms with Gasteiger partial charge >= 0.3 is 0 Å². The third-order valence-electron chi connectivity index (χ3n) is 5.96. The summed E-state index contributed by atoms with van der Waals surface area (Å²) in [5.74, 6) is 1.08. The van der Waals surface area contributed by atoms with Crippen LogP contribution in [0.1, 0.15) is 37.5 Å². The van der Waals surface area contributed by atoms with Crippen LogP contribution in [0.15, 0.2) is 66.7 Å². The van der Waals surface area contributed by atoms with Crippen LogP contribution in [0.5, 0.6) is 11.5 Å². The zero-order valence-electron chi connectivity index (χ0n) is 20.9. The molecule has 1 amide bonds. The van der Waals surface area contributed by atoms with Gasteiger partial charge in [0.15, 0.2) is 11.5 Å². The highest BCUT2D eigenvalue weighted by molar-refractivity contribution is 6.37. The highest BCUT2D eigenvalue weighted by Gasteiger charge is 2.30. The molecule has 35 heavy (non-hydrogen) atoms. The van der Waals surface area contributed by atoms with Gasteiger partial charge in [0, 0.05) is 23.9 Å². The lowest BCUT2D eigenvalue weighted by atomic mass is 9.99. The molecule has 1 heterocycles. The lowest BCUT2D eigenvalue weighted by Crippen LogP contribution is -2.16. The van der Waals surface area contributed by atoms with Gasteiger partial charge in [-0.3, -0.25) is 4.79 Å². The van der Waals surface area contributed by atoms with Crippen molar-refractivity contribution in [3.05, 3.63) is 83.4 Å². The monoisotopic (exact) mass is 471 g/mol. The van der Waals surface area contributed by atoms with Gasteiger partial charge in [0.25, 0.3) is 5.91 Å². The molecule has 0 radical (unpaired) electrons. The minimum absolute atomic E-state index is 0.163. The maximum atomic E-state index is 13.3. The van der Waals surface area contributed by atoms with Crippen LogP contribution in [0.4, 0.5) is 11.4 Å². The van der Waals surface area contributed by atoms with Crippen molar-refractivity contribution in [1.29, 1.82) is 0 Å². The quantitative estimate of drug-likeness (QED) is 0.362. The summed E-state index contributed by atoms with van der Waals surface area (Å²) in [7, 11) is 2.10. The fourth-order valence-corrected chi connectivity index (χ4v) is 4.11. The van der Waals surface area contributed by atoms with E-state index in [1.165, 1.54) is 5.56 Å². The average molecular weight is 472 g/mol. The third-order valence-corrected chi connectivity index (χ3v) is 5.96. The van der Waals surface area contributed by atoms with Gasteiger partial charge in [-0.2, -0.15) is 0 Å². The van der Waals surface area contributed by atoms with Crippen molar-refractivity contribution in [2.24, 2.45) is 0 Å². The van der Waals surface area contributed by atoms with Gasteiger partial charge in [-0.05, 0) is 56.8 Å².